The van der Waals surface area contributed by atoms with E-state index in [0.29, 0.717) is 0 Å². The second-order valence-corrected chi connectivity index (χ2v) is 13.4. The molecular formula is C32H61NO3S. The van der Waals surface area contributed by atoms with E-state index in [9.17, 15) is 13.0 Å². The zero-order chi connectivity index (χ0) is 26.7. The highest BCUT2D eigenvalue weighted by molar-refractivity contribution is 7.85. The average molecular weight is 540 g/mol. The maximum atomic E-state index is 11.4. The molecule has 0 aliphatic rings. The first-order valence-electron chi connectivity index (χ1n) is 15.3. The molecule has 37 heavy (non-hydrogen) atoms. The summed E-state index contributed by atoms with van der Waals surface area (Å²) in [6.45, 7) is 8.68. The first-order valence-corrected chi connectivity index (χ1v) is 16.7. The maximum absolute atomic E-state index is 11.4. The van der Waals surface area contributed by atoms with Crippen LogP contribution in [0.1, 0.15) is 167 Å². The molecule has 1 rings (SSSR count). The van der Waals surface area contributed by atoms with Crippen molar-refractivity contribution >= 4 is 10.1 Å². The van der Waals surface area contributed by atoms with Gasteiger partial charge >= 0.3 is 0 Å². The fourth-order valence-electron chi connectivity index (χ4n) is 5.23. The molecule has 0 radical (unpaired) electrons. The van der Waals surface area contributed by atoms with Crippen molar-refractivity contribution in [3.63, 3.8) is 0 Å². The highest BCUT2D eigenvalue weighted by Gasteiger charge is 2.19. The van der Waals surface area contributed by atoms with Crippen molar-refractivity contribution in [1.29, 1.82) is 0 Å². The van der Waals surface area contributed by atoms with Crippen LogP contribution < -0.4 is 6.15 Å². The first-order chi connectivity index (χ1) is 17.2. The fourth-order valence-corrected chi connectivity index (χ4v) is 5.76. The third-order valence-electron chi connectivity index (χ3n) is 7.47. The van der Waals surface area contributed by atoms with Crippen molar-refractivity contribution in [3.05, 3.63) is 29.3 Å². The molecule has 4 nitrogen and oxygen atoms in total. The van der Waals surface area contributed by atoms with Crippen LogP contribution in [0.25, 0.3) is 0 Å². The van der Waals surface area contributed by atoms with Gasteiger partial charge in [0.1, 0.15) is 10.1 Å². The number of benzene rings is 1. The van der Waals surface area contributed by atoms with Crippen LogP contribution >= 0.6 is 0 Å². The second kappa shape index (κ2) is 21.0. The van der Waals surface area contributed by atoms with Crippen LogP contribution in [0.2, 0.25) is 0 Å². The molecule has 5 heteroatoms. The van der Waals surface area contributed by atoms with Crippen molar-refractivity contribution in [2.75, 3.05) is 0 Å². The lowest BCUT2D eigenvalue weighted by Crippen LogP contribution is -2.15. The summed E-state index contributed by atoms with van der Waals surface area (Å²) in [7, 11) is -4.40. The predicted molar refractivity (Wildman–Crippen MR) is 161 cm³/mol. The van der Waals surface area contributed by atoms with Crippen molar-refractivity contribution in [1.82, 2.24) is 6.15 Å². The minimum absolute atomic E-state index is 0. The van der Waals surface area contributed by atoms with Gasteiger partial charge in [-0.05, 0) is 41.5 Å². The van der Waals surface area contributed by atoms with Crippen LogP contribution in [0.3, 0.4) is 0 Å². The van der Waals surface area contributed by atoms with Crippen LogP contribution in [-0.2, 0) is 22.0 Å². The summed E-state index contributed by atoms with van der Waals surface area (Å²) < 4.78 is 34.3. The quantitative estimate of drug-likeness (QED) is 0.117. The van der Waals surface area contributed by atoms with E-state index in [0.717, 1.165) is 30.4 Å². The Labute approximate surface area is 231 Å². The van der Waals surface area contributed by atoms with E-state index >= 15 is 0 Å². The Morgan fingerprint density at radius 2 is 0.973 bits per heavy atom. The molecule has 0 saturated carbocycles. The van der Waals surface area contributed by atoms with Crippen LogP contribution in [0.5, 0.6) is 0 Å². The molecule has 4 N–H and O–H groups in total. The smallest absolute Gasteiger partial charge is 0.124 e. The normalized spacial score (nSPS) is 12.0. The number of rotatable bonds is 22. The Kier molecular flexibility index (Phi) is 20.5. The highest BCUT2D eigenvalue weighted by Crippen LogP contribution is 2.29. The van der Waals surface area contributed by atoms with Gasteiger partial charge in [0.05, 0.1) is 4.90 Å². The van der Waals surface area contributed by atoms with E-state index in [-0.39, 0.29) is 16.5 Å². The second-order valence-electron chi connectivity index (χ2n) is 12.0. The van der Waals surface area contributed by atoms with E-state index in [1.165, 1.54) is 122 Å². The van der Waals surface area contributed by atoms with Gasteiger partial charge in [0.15, 0.2) is 0 Å². The molecule has 1 aromatic rings. The minimum atomic E-state index is -4.40. The van der Waals surface area contributed by atoms with Crippen molar-refractivity contribution in [3.8, 4) is 0 Å². The van der Waals surface area contributed by atoms with E-state index in [2.05, 4.69) is 27.7 Å². The topological polar surface area (TPSA) is 93.7 Å². The summed E-state index contributed by atoms with van der Waals surface area (Å²) >= 11 is 0. The minimum Gasteiger partial charge on any atom is -0.744 e. The molecule has 0 fully saturated rings. The van der Waals surface area contributed by atoms with Crippen LogP contribution in [0.15, 0.2) is 23.1 Å². The zero-order valence-electron chi connectivity index (χ0n) is 25.2. The zero-order valence-corrected chi connectivity index (χ0v) is 26.0. The summed E-state index contributed by atoms with van der Waals surface area (Å²) in [5, 5.41) is 0. The van der Waals surface area contributed by atoms with Gasteiger partial charge in [-0.3, -0.25) is 0 Å². The summed E-state index contributed by atoms with van der Waals surface area (Å²) in [5.41, 5.74) is 2.10. The molecule has 0 atom stereocenters. The molecular weight excluding hydrogens is 478 g/mol. The third kappa shape index (κ3) is 18.1. The summed E-state index contributed by atoms with van der Waals surface area (Å²) in [4.78, 5) is -0.0985. The van der Waals surface area contributed by atoms with Gasteiger partial charge in [-0.1, -0.05) is 156 Å². The molecule has 0 heterocycles. The Balaban J connectivity index is 0.0000130. The molecule has 218 valence electrons. The number of unbranched alkanes of at least 4 members (excludes halogenated alkanes) is 19. The molecule has 0 spiro atoms. The summed E-state index contributed by atoms with van der Waals surface area (Å²) in [5.74, 6) is 0. The fraction of sp³-hybridized carbons (Fsp3) is 0.812. The van der Waals surface area contributed by atoms with Crippen LogP contribution in [-0.4, -0.2) is 13.0 Å². The van der Waals surface area contributed by atoms with Crippen LogP contribution in [0.4, 0.5) is 0 Å². The molecule has 0 unspecified atom stereocenters. The van der Waals surface area contributed by atoms with E-state index in [1.807, 2.05) is 6.07 Å². The standard InChI is InChI=1S/C32H58O3S.H3N/c1-5-6-7-8-9-10-11-12-13-14-15-16-17-18-19-20-21-22-23-24-25-29-28-30(36(33,34)35)26-27-31(29)32(2,3)4;/h26-28H,5-25H2,1-4H3,(H,33,34,35);1H3. The lowest BCUT2D eigenvalue weighted by atomic mass is 9.82. The third-order valence-corrected chi connectivity index (χ3v) is 8.30. The molecule has 0 aromatic heterocycles. The first kappa shape index (κ1) is 36.1. The van der Waals surface area contributed by atoms with Gasteiger partial charge in [0.25, 0.3) is 0 Å². The predicted octanol–water partition coefficient (Wildman–Crippen LogP) is 10.6. The van der Waals surface area contributed by atoms with Gasteiger partial charge in [-0.15, -0.1) is 0 Å². The Morgan fingerprint density at radius 3 is 1.30 bits per heavy atom. The van der Waals surface area contributed by atoms with Crippen molar-refractivity contribution in [2.45, 2.75) is 173 Å². The lowest BCUT2D eigenvalue weighted by molar-refractivity contribution is 0.462. The molecule has 0 aliphatic heterocycles. The van der Waals surface area contributed by atoms with Gasteiger partial charge in [-0.2, -0.15) is 0 Å². The lowest BCUT2D eigenvalue weighted by Gasteiger charge is -2.24. The average Bonchev–Trinajstić information content (AvgIpc) is 2.81. The van der Waals surface area contributed by atoms with E-state index < -0.39 is 10.1 Å². The van der Waals surface area contributed by atoms with E-state index in [1.54, 1.807) is 6.07 Å². The molecule has 0 bridgehead atoms. The number of hydrogen-bond donors (Lipinski definition) is 1. The number of aryl methyl sites for hydroxylation is 1. The van der Waals surface area contributed by atoms with Gasteiger partial charge in [0, 0.05) is 0 Å². The van der Waals surface area contributed by atoms with E-state index in [4.69, 9.17) is 0 Å². The maximum Gasteiger partial charge on any atom is 0.124 e. The Bertz CT molecular complexity index is 784. The van der Waals surface area contributed by atoms with Gasteiger partial charge < -0.3 is 10.7 Å². The number of hydrogen-bond acceptors (Lipinski definition) is 3. The Hall–Kier alpha value is -0.910. The van der Waals surface area contributed by atoms with Gasteiger partial charge in [-0.25, -0.2) is 8.42 Å². The van der Waals surface area contributed by atoms with Crippen molar-refractivity contribution in [2.24, 2.45) is 0 Å². The van der Waals surface area contributed by atoms with Gasteiger partial charge in [0.2, 0.25) is 0 Å². The van der Waals surface area contributed by atoms with Crippen molar-refractivity contribution < 1.29 is 13.0 Å². The van der Waals surface area contributed by atoms with Crippen LogP contribution in [0, 0.1) is 0 Å². The summed E-state index contributed by atoms with van der Waals surface area (Å²) in [6.07, 6.45) is 28.1. The summed E-state index contributed by atoms with van der Waals surface area (Å²) in [6, 6.07) is 4.90. The number of quaternary nitrogens is 1. The molecule has 0 amide bonds. The molecule has 1 aromatic carbocycles. The monoisotopic (exact) mass is 539 g/mol. The largest absolute Gasteiger partial charge is 0.744 e. The molecule has 0 aliphatic carbocycles. The SMILES string of the molecule is CCCCCCCCCCCCCCCCCCCCCCc1cc(S(=O)(=O)[O-])ccc1C(C)(C)C.[NH4+]. The molecule has 0 saturated heterocycles. The highest BCUT2D eigenvalue weighted by atomic mass is 32.2. The Morgan fingerprint density at radius 1 is 0.622 bits per heavy atom.